The predicted octanol–water partition coefficient (Wildman–Crippen LogP) is 4.79. The van der Waals surface area contributed by atoms with Gasteiger partial charge in [0.05, 0.1) is 24.0 Å². The monoisotopic (exact) mass is 412 g/mol. The molecule has 1 aromatic heterocycles. The van der Waals surface area contributed by atoms with Gasteiger partial charge >= 0.3 is 6.03 Å². The standard InChI is InChI=1S/C23H29FN4O2/c1-5-30-16(4)23-10-14(2)8-19(11-23)28(23)22(29)27-18-7-6-15(3)20(9-18)21-25-12-17(24)13-26-21/h6-7,9,12-14,16,19H,5,8,10-11H2,1-4H3,(H,27,29)/t14-,16?,19-,23?/m1/s1. The number of aryl methyl sites for hydroxylation is 1. The topological polar surface area (TPSA) is 67.3 Å². The molecule has 160 valence electrons. The number of benzene rings is 1. The predicted molar refractivity (Wildman–Crippen MR) is 114 cm³/mol. The first-order valence-electron chi connectivity index (χ1n) is 10.6. The second kappa shape index (κ2) is 7.95. The number of ether oxygens (including phenoxy) is 1. The first-order chi connectivity index (χ1) is 14.3. The number of piperidine rings is 1. The molecular formula is C23H29FN4O2. The highest BCUT2D eigenvalue weighted by molar-refractivity contribution is 5.92. The molecule has 2 heterocycles. The molecule has 0 spiro atoms. The number of hydrogen-bond donors (Lipinski definition) is 1. The van der Waals surface area contributed by atoms with E-state index in [-0.39, 0.29) is 23.7 Å². The lowest BCUT2D eigenvalue weighted by Gasteiger charge is -2.65. The van der Waals surface area contributed by atoms with Crippen LogP contribution in [0.2, 0.25) is 0 Å². The van der Waals surface area contributed by atoms with Gasteiger partial charge in [0.2, 0.25) is 0 Å². The molecule has 2 aliphatic rings. The van der Waals surface area contributed by atoms with Crippen LogP contribution in [0.25, 0.3) is 11.4 Å². The zero-order valence-electron chi connectivity index (χ0n) is 18.0. The molecule has 1 saturated heterocycles. The van der Waals surface area contributed by atoms with E-state index in [2.05, 4.69) is 29.1 Å². The Morgan fingerprint density at radius 3 is 2.80 bits per heavy atom. The number of aromatic nitrogens is 2. The van der Waals surface area contributed by atoms with E-state index in [1.807, 2.05) is 36.9 Å². The molecule has 4 atom stereocenters. The van der Waals surface area contributed by atoms with Crippen LogP contribution in [0.1, 0.15) is 45.6 Å². The number of likely N-dealkylation sites (tertiary alicyclic amines) is 1. The Morgan fingerprint density at radius 2 is 2.10 bits per heavy atom. The summed E-state index contributed by atoms with van der Waals surface area (Å²) in [6.07, 6.45) is 5.27. The molecule has 2 amide bonds. The molecule has 7 heteroatoms. The van der Waals surface area contributed by atoms with Crippen molar-refractivity contribution in [2.24, 2.45) is 5.92 Å². The summed E-state index contributed by atoms with van der Waals surface area (Å²) in [7, 11) is 0. The fourth-order valence-electron chi connectivity index (χ4n) is 5.25. The molecular weight excluding hydrogens is 383 g/mol. The Morgan fingerprint density at radius 1 is 1.37 bits per heavy atom. The van der Waals surface area contributed by atoms with E-state index in [0.717, 1.165) is 42.8 Å². The maximum atomic E-state index is 13.3. The van der Waals surface area contributed by atoms with Crippen LogP contribution < -0.4 is 5.32 Å². The zero-order chi connectivity index (χ0) is 21.5. The number of carbonyl (C=O) groups excluding carboxylic acids is 1. The van der Waals surface area contributed by atoms with Gasteiger partial charge in [0.1, 0.15) is 0 Å². The van der Waals surface area contributed by atoms with Crippen molar-refractivity contribution in [2.45, 2.75) is 64.6 Å². The lowest BCUT2D eigenvalue weighted by atomic mass is 9.62. The highest BCUT2D eigenvalue weighted by Gasteiger charge is 2.61. The number of halogens is 1. The molecule has 4 rings (SSSR count). The first kappa shape index (κ1) is 20.7. The SMILES string of the molecule is CCOC(C)C12C[C@H](C)C[C@H](C1)N2C(=O)Nc1ccc(C)c(-c2ncc(F)cn2)c1. The van der Waals surface area contributed by atoms with Crippen molar-refractivity contribution in [1.82, 2.24) is 14.9 Å². The number of anilines is 1. The molecule has 2 fully saturated rings. The van der Waals surface area contributed by atoms with Crippen LogP contribution in [0.3, 0.4) is 0 Å². The second-order valence-corrected chi connectivity index (χ2v) is 8.66. The Bertz CT molecular complexity index is 935. The minimum Gasteiger partial charge on any atom is -0.376 e. The lowest BCUT2D eigenvalue weighted by molar-refractivity contribution is -0.162. The number of nitrogens with one attached hydrogen (secondary N) is 1. The Balaban J connectivity index is 1.56. The van der Waals surface area contributed by atoms with Crippen molar-refractivity contribution in [2.75, 3.05) is 11.9 Å². The highest BCUT2D eigenvalue weighted by atomic mass is 19.1. The van der Waals surface area contributed by atoms with Gasteiger partial charge in [0.15, 0.2) is 11.6 Å². The summed E-state index contributed by atoms with van der Waals surface area (Å²) in [4.78, 5) is 23.4. The van der Waals surface area contributed by atoms with Crippen molar-refractivity contribution in [1.29, 1.82) is 0 Å². The first-order valence-corrected chi connectivity index (χ1v) is 10.6. The number of fused-ring (bicyclic) bond motifs is 2. The molecule has 2 unspecified atom stereocenters. The summed E-state index contributed by atoms with van der Waals surface area (Å²) in [5.41, 5.74) is 2.15. The zero-order valence-corrected chi connectivity index (χ0v) is 18.0. The van der Waals surface area contributed by atoms with Crippen LogP contribution in [-0.4, -0.2) is 45.2 Å². The Labute approximate surface area is 176 Å². The van der Waals surface area contributed by atoms with E-state index in [4.69, 9.17) is 4.74 Å². The number of amides is 2. The van der Waals surface area contributed by atoms with E-state index in [1.165, 1.54) is 0 Å². The van der Waals surface area contributed by atoms with Gasteiger partial charge in [-0.1, -0.05) is 13.0 Å². The third kappa shape index (κ3) is 3.55. The molecule has 1 saturated carbocycles. The Hall–Kier alpha value is -2.54. The Kier molecular flexibility index (Phi) is 5.49. The van der Waals surface area contributed by atoms with Gasteiger partial charge in [-0.25, -0.2) is 19.2 Å². The highest BCUT2D eigenvalue weighted by Crippen LogP contribution is 2.52. The quantitative estimate of drug-likeness (QED) is 0.767. The van der Waals surface area contributed by atoms with Crippen molar-refractivity contribution >= 4 is 11.7 Å². The summed E-state index contributed by atoms with van der Waals surface area (Å²) in [6, 6.07) is 5.78. The van der Waals surface area contributed by atoms with Crippen LogP contribution >= 0.6 is 0 Å². The largest absolute Gasteiger partial charge is 0.376 e. The summed E-state index contributed by atoms with van der Waals surface area (Å²) in [6.45, 7) is 8.90. The maximum Gasteiger partial charge on any atom is 0.322 e. The van der Waals surface area contributed by atoms with Gasteiger partial charge in [0, 0.05) is 23.9 Å². The van der Waals surface area contributed by atoms with Crippen molar-refractivity contribution in [3.05, 3.63) is 42.0 Å². The van der Waals surface area contributed by atoms with E-state index in [0.29, 0.717) is 24.0 Å². The fraction of sp³-hybridized carbons (Fsp3) is 0.522. The smallest absolute Gasteiger partial charge is 0.322 e. The third-order valence-electron chi connectivity index (χ3n) is 6.55. The van der Waals surface area contributed by atoms with Crippen molar-refractivity contribution < 1.29 is 13.9 Å². The number of urea groups is 1. The molecule has 6 nitrogen and oxygen atoms in total. The molecule has 1 aromatic carbocycles. The number of hydrogen-bond acceptors (Lipinski definition) is 4. The summed E-state index contributed by atoms with van der Waals surface area (Å²) in [5.74, 6) is 0.534. The summed E-state index contributed by atoms with van der Waals surface area (Å²) >= 11 is 0. The van der Waals surface area contributed by atoms with E-state index in [9.17, 15) is 9.18 Å². The molecule has 1 aliphatic heterocycles. The average molecular weight is 413 g/mol. The van der Waals surface area contributed by atoms with Crippen LogP contribution in [0.5, 0.6) is 0 Å². The van der Waals surface area contributed by atoms with Crippen molar-refractivity contribution in [3.63, 3.8) is 0 Å². The van der Waals surface area contributed by atoms with Gasteiger partial charge in [0.25, 0.3) is 0 Å². The van der Waals surface area contributed by atoms with Crippen LogP contribution in [0, 0.1) is 18.7 Å². The molecule has 30 heavy (non-hydrogen) atoms. The molecule has 0 radical (unpaired) electrons. The van der Waals surface area contributed by atoms with Crippen molar-refractivity contribution in [3.8, 4) is 11.4 Å². The minimum atomic E-state index is -0.479. The second-order valence-electron chi connectivity index (χ2n) is 8.66. The van der Waals surface area contributed by atoms with Crippen LogP contribution in [-0.2, 0) is 4.74 Å². The molecule has 1 aliphatic carbocycles. The lowest BCUT2D eigenvalue weighted by Crippen LogP contribution is -2.76. The molecule has 2 bridgehead atoms. The van der Waals surface area contributed by atoms with Crippen LogP contribution in [0.15, 0.2) is 30.6 Å². The van der Waals surface area contributed by atoms with E-state index in [1.54, 1.807) is 0 Å². The van der Waals surface area contributed by atoms with Gasteiger partial charge in [-0.15, -0.1) is 0 Å². The minimum absolute atomic E-state index is 0.00607. The average Bonchev–Trinajstić information content (AvgIpc) is 2.69. The third-order valence-corrected chi connectivity index (χ3v) is 6.55. The van der Waals surface area contributed by atoms with E-state index >= 15 is 0 Å². The van der Waals surface area contributed by atoms with E-state index < -0.39 is 5.82 Å². The number of rotatable bonds is 5. The van der Waals surface area contributed by atoms with Gasteiger partial charge in [-0.3, -0.25) is 0 Å². The maximum absolute atomic E-state index is 13.3. The number of nitrogens with zero attached hydrogens (tertiary/aromatic N) is 3. The summed E-state index contributed by atoms with van der Waals surface area (Å²) in [5, 5.41) is 3.06. The number of carbonyl (C=O) groups is 1. The van der Waals surface area contributed by atoms with Gasteiger partial charge < -0.3 is 15.0 Å². The summed E-state index contributed by atoms with van der Waals surface area (Å²) < 4.78 is 19.1. The fourth-order valence-corrected chi connectivity index (χ4v) is 5.25. The molecule has 2 aromatic rings. The van der Waals surface area contributed by atoms with Gasteiger partial charge in [-0.05, 0) is 63.6 Å². The normalized spacial score (nSPS) is 26.1. The van der Waals surface area contributed by atoms with Gasteiger partial charge in [-0.2, -0.15) is 0 Å². The van der Waals surface area contributed by atoms with Crippen LogP contribution in [0.4, 0.5) is 14.9 Å². The molecule has 1 N–H and O–H groups in total.